The molecule has 5 rings (SSSR count). The zero-order valence-corrected chi connectivity index (χ0v) is 16.2. The van der Waals surface area contributed by atoms with Gasteiger partial charge in [0.2, 0.25) is 11.8 Å². The van der Waals surface area contributed by atoms with E-state index < -0.39 is 5.41 Å². The summed E-state index contributed by atoms with van der Waals surface area (Å²) in [4.78, 5) is 23.8. The minimum atomic E-state index is -0.911. The minimum Gasteiger partial charge on any atom is -0.481 e. The number of methoxy groups -OCH3 is 1. The van der Waals surface area contributed by atoms with E-state index in [0.717, 1.165) is 29.6 Å². The van der Waals surface area contributed by atoms with E-state index in [1.165, 1.54) is 0 Å². The van der Waals surface area contributed by atoms with Crippen LogP contribution < -0.4 is 9.64 Å². The largest absolute Gasteiger partial charge is 0.481 e. The maximum Gasteiger partial charge on any atom is 0.248 e. The Hall–Kier alpha value is -3.47. The molecule has 0 N–H and O–H groups in total. The number of hydrogen-bond acceptors (Lipinski definition) is 6. The molecular weight excluding hydrogens is 368 g/mol. The van der Waals surface area contributed by atoms with E-state index in [4.69, 9.17) is 4.74 Å². The standard InChI is InChI=1S/C21H20N6O2/c1-13-10-26(20(28)21(13,12-22)15-3-4-15)16-5-8-24-27-11-14(9-17(16)27)19-23-7-6-18(25-19)29-2/h5-9,11,13,15H,3-4,10H2,1-2H3/t13-,21+/m1/s1. The van der Waals surface area contributed by atoms with Crippen LogP contribution in [-0.2, 0) is 4.79 Å². The fourth-order valence-corrected chi connectivity index (χ4v) is 4.45. The van der Waals surface area contributed by atoms with Crippen molar-refractivity contribution < 1.29 is 9.53 Å². The first-order valence-electron chi connectivity index (χ1n) is 9.66. The van der Waals surface area contributed by atoms with Gasteiger partial charge in [0.15, 0.2) is 5.82 Å². The smallest absolute Gasteiger partial charge is 0.248 e. The molecule has 1 saturated carbocycles. The highest BCUT2D eigenvalue weighted by molar-refractivity contribution is 6.05. The number of hydrogen-bond donors (Lipinski definition) is 0. The Morgan fingerprint density at radius 2 is 2.14 bits per heavy atom. The summed E-state index contributed by atoms with van der Waals surface area (Å²) in [5.74, 6) is 1.06. The van der Waals surface area contributed by atoms with E-state index in [1.54, 1.807) is 35.0 Å². The normalized spacial score (nSPS) is 24.1. The second-order valence-electron chi connectivity index (χ2n) is 7.77. The quantitative estimate of drug-likeness (QED) is 0.682. The average molecular weight is 388 g/mol. The van der Waals surface area contributed by atoms with Crippen LogP contribution in [0.5, 0.6) is 5.88 Å². The molecule has 2 fully saturated rings. The minimum absolute atomic E-state index is 0.0168. The van der Waals surface area contributed by atoms with E-state index in [1.807, 2.05) is 25.3 Å². The summed E-state index contributed by atoms with van der Waals surface area (Å²) in [6.45, 7) is 2.53. The molecule has 3 aromatic heterocycles. The van der Waals surface area contributed by atoms with Gasteiger partial charge in [0.25, 0.3) is 0 Å². The molecule has 8 heteroatoms. The maximum absolute atomic E-state index is 13.4. The number of carbonyl (C=O) groups is 1. The monoisotopic (exact) mass is 388 g/mol. The number of anilines is 1. The van der Waals surface area contributed by atoms with Crippen LogP contribution >= 0.6 is 0 Å². The van der Waals surface area contributed by atoms with Gasteiger partial charge in [-0.05, 0) is 30.9 Å². The summed E-state index contributed by atoms with van der Waals surface area (Å²) in [6, 6.07) is 7.82. The van der Waals surface area contributed by atoms with E-state index in [0.29, 0.717) is 18.2 Å². The van der Waals surface area contributed by atoms with E-state index in [2.05, 4.69) is 21.1 Å². The van der Waals surface area contributed by atoms with E-state index in [9.17, 15) is 10.1 Å². The van der Waals surface area contributed by atoms with Gasteiger partial charge < -0.3 is 9.64 Å². The Labute approximate surface area is 167 Å². The van der Waals surface area contributed by atoms with Crippen molar-refractivity contribution in [2.75, 3.05) is 18.6 Å². The Bertz CT molecular complexity index is 1160. The molecule has 0 bridgehead atoms. The molecule has 2 aliphatic rings. The number of ether oxygens (including phenoxy) is 1. The van der Waals surface area contributed by atoms with Crippen LogP contribution in [0.4, 0.5) is 5.69 Å². The van der Waals surface area contributed by atoms with Crippen molar-refractivity contribution in [1.82, 2.24) is 19.6 Å². The van der Waals surface area contributed by atoms with Crippen LogP contribution in [0.3, 0.4) is 0 Å². The van der Waals surface area contributed by atoms with E-state index in [-0.39, 0.29) is 17.7 Å². The average Bonchev–Trinajstić information content (AvgIpc) is 3.44. The number of amides is 1. The molecule has 0 unspecified atom stereocenters. The van der Waals surface area contributed by atoms with Crippen molar-refractivity contribution in [2.45, 2.75) is 19.8 Å². The van der Waals surface area contributed by atoms with Gasteiger partial charge >= 0.3 is 0 Å². The summed E-state index contributed by atoms with van der Waals surface area (Å²) < 4.78 is 6.90. The first-order valence-corrected chi connectivity index (χ1v) is 9.66. The predicted molar refractivity (Wildman–Crippen MR) is 105 cm³/mol. The fourth-order valence-electron chi connectivity index (χ4n) is 4.45. The molecule has 1 saturated heterocycles. The van der Waals surface area contributed by atoms with Crippen molar-refractivity contribution in [3.63, 3.8) is 0 Å². The molecular formula is C21H20N6O2. The van der Waals surface area contributed by atoms with Gasteiger partial charge in [0.05, 0.1) is 24.4 Å². The molecule has 4 heterocycles. The van der Waals surface area contributed by atoms with Crippen LogP contribution in [0.2, 0.25) is 0 Å². The SMILES string of the molecule is COc1ccnc(-c2cc3c(N4C[C@@H](C)[C@@](C#N)(C5CC5)C4=O)ccnn3c2)n1. The van der Waals surface area contributed by atoms with Crippen molar-refractivity contribution in [3.8, 4) is 23.3 Å². The highest BCUT2D eigenvalue weighted by atomic mass is 16.5. The lowest BCUT2D eigenvalue weighted by molar-refractivity contribution is -0.124. The molecule has 1 amide bonds. The lowest BCUT2D eigenvalue weighted by Crippen LogP contribution is -2.37. The zero-order valence-electron chi connectivity index (χ0n) is 16.2. The molecule has 3 aromatic rings. The van der Waals surface area contributed by atoms with Crippen LogP contribution in [-0.4, -0.2) is 39.1 Å². The third kappa shape index (κ3) is 2.50. The Morgan fingerprint density at radius 3 is 2.86 bits per heavy atom. The Morgan fingerprint density at radius 1 is 1.31 bits per heavy atom. The first-order chi connectivity index (χ1) is 14.1. The summed E-state index contributed by atoms with van der Waals surface area (Å²) in [7, 11) is 1.56. The third-order valence-corrected chi connectivity index (χ3v) is 6.11. The molecule has 2 atom stereocenters. The number of aromatic nitrogens is 4. The third-order valence-electron chi connectivity index (χ3n) is 6.11. The second-order valence-corrected chi connectivity index (χ2v) is 7.77. The maximum atomic E-state index is 13.4. The van der Waals surface area contributed by atoms with Gasteiger partial charge in [0.1, 0.15) is 5.41 Å². The summed E-state index contributed by atoms with van der Waals surface area (Å²) >= 11 is 0. The predicted octanol–water partition coefficient (Wildman–Crippen LogP) is 2.70. The highest BCUT2D eigenvalue weighted by Gasteiger charge is 2.61. The van der Waals surface area contributed by atoms with Crippen LogP contribution in [0.25, 0.3) is 16.9 Å². The fraction of sp³-hybridized carbons (Fsp3) is 0.381. The Balaban J connectivity index is 1.59. The van der Waals surface area contributed by atoms with Gasteiger partial charge in [0, 0.05) is 42.7 Å². The number of nitriles is 1. The number of nitrogens with zero attached hydrogens (tertiary/aromatic N) is 6. The number of fused-ring (bicyclic) bond motifs is 1. The molecule has 0 radical (unpaired) electrons. The lowest BCUT2D eigenvalue weighted by atomic mass is 9.75. The lowest BCUT2D eigenvalue weighted by Gasteiger charge is -2.23. The first kappa shape index (κ1) is 17.6. The van der Waals surface area contributed by atoms with Gasteiger partial charge in [-0.25, -0.2) is 9.50 Å². The second kappa shape index (κ2) is 6.27. The molecule has 146 valence electrons. The summed E-state index contributed by atoms with van der Waals surface area (Å²) in [5, 5.41) is 14.3. The summed E-state index contributed by atoms with van der Waals surface area (Å²) in [5.41, 5.74) is 1.39. The van der Waals surface area contributed by atoms with Gasteiger partial charge in [-0.2, -0.15) is 15.3 Å². The van der Waals surface area contributed by atoms with Crippen molar-refractivity contribution in [1.29, 1.82) is 5.26 Å². The molecule has 0 aromatic carbocycles. The Kier molecular flexibility index (Phi) is 3.81. The molecule has 0 spiro atoms. The zero-order chi connectivity index (χ0) is 20.2. The molecule has 1 aliphatic heterocycles. The number of rotatable bonds is 4. The molecule has 8 nitrogen and oxygen atoms in total. The number of carbonyl (C=O) groups excluding carboxylic acids is 1. The van der Waals surface area contributed by atoms with Crippen LogP contribution in [0.1, 0.15) is 19.8 Å². The van der Waals surface area contributed by atoms with Gasteiger partial charge in [-0.15, -0.1) is 0 Å². The van der Waals surface area contributed by atoms with E-state index >= 15 is 0 Å². The van der Waals surface area contributed by atoms with Gasteiger partial charge in [-0.3, -0.25) is 4.79 Å². The van der Waals surface area contributed by atoms with Crippen molar-refractivity contribution in [3.05, 3.63) is 36.8 Å². The van der Waals surface area contributed by atoms with Crippen LogP contribution in [0, 0.1) is 28.6 Å². The topological polar surface area (TPSA) is 96.4 Å². The molecule has 29 heavy (non-hydrogen) atoms. The van der Waals surface area contributed by atoms with Crippen LogP contribution in [0.15, 0.2) is 36.8 Å². The van der Waals surface area contributed by atoms with Crippen molar-refractivity contribution >= 4 is 17.1 Å². The highest BCUT2D eigenvalue weighted by Crippen LogP contribution is 2.54. The summed E-state index contributed by atoms with van der Waals surface area (Å²) in [6.07, 6.45) is 7.04. The van der Waals surface area contributed by atoms with Crippen molar-refractivity contribution in [2.24, 2.45) is 17.3 Å². The van der Waals surface area contributed by atoms with Gasteiger partial charge in [-0.1, -0.05) is 6.92 Å². The molecule has 1 aliphatic carbocycles.